The van der Waals surface area contributed by atoms with E-state index in [1.165, 1.54) is 11.8 Å². The molecule has 2 aliphatic rings. The highest BCUT2D eigenvalue weighted by Crippen LogP contribution is 2.38. The third-order valence-corrected chi connectivity index (χ3v) is 7.44. The fourth-order valence-corrected chi connectivity index (χ4v) is 7.02. The molecule has 0 aliphatic carbocycles. The highest BCUT2D eigenvalue weighted by atomic mass is 32.2. The van der Waals surface area contributed by atoms with Crippen LogP contribution in [-0.4, -0.2) is 53.7 Å². The van der Waals surface area contributed by atoms with Crippen molar-refractivity contribution in [2.24, 2.45) is 4.99 Å². The predicted octanol–water partition coefficient (Wildman–Crippen LogP) is 1.90. The van der Waals surface area contributed by atoms with Gasteiger partial charge in [-0.05, 0) is 12.0 Å². The van der Waals surface area contributed by atoms with E-state index in [0.29, 0.717) is 24.6 Å². The molecule has 24 heavy (non-hydrogen) atoms. The first-order valence-corrected chi connectivity index (χ1v) is 10.6. The van der Waals surface area contributed by atoms with Crippen molar-refractivity contribution < 1.29 is 13.2 Å². The molecular formula is C17H20N2O3S2. The summed E-state index contributed by atoms with van der Waals surface area (Å²) in [4.78, 5) is 18.4. The zero-order valence-corrected chi connectivity index (χ0v) is 14.9. The summed E-state index contributed by atoms with van der Waals surface area (Å²) in [6.45, 7) is 4.23. The zero-order valence-electron chi connectivity index (χ0n) is 13.3. The van der Waals surface area contributed by atoms with E-state index in [4.69, 9.17) is 0 Å². The van der Waals surface area contributed by atoms with Gasteiger partial charge < -0.3 is 4.90 Å². The molecule has 2 saturated heterocycles. The number of aliphatic imine (C=N–C) groups is 1. The summed E-state index contributed by atoms with van der Waals surface area (Å²) in [7, 11) is -2.99. The van der Waals surface area contributed by atoms with Crippen molar-refractivity contribution >= 4 is 32.7 Å². The molecule has 0 aromatic heterocycles. The van der Waals surface area contributed by atoms with Crippen molar-refractivity contribution in [1.29, 1.82) is 0 Å². The highest BCUT2D eigenvalue weighted by molar-refractivity contribution is 8.15. The lowest BCUT2D eigenvalue weighted by atomic mass is 10.1. The molecule has 0 unspecified atom stereocenters. The smallest absolute Gasteiger partial charge is 0.248 e. The van der Waals surface area contributed by atoms with Crippen LogP contribution in [0.3, 0.4) is 0 Å². The van der Waals surface area contributed by atoms with Crippen LogP contribution >= 0.6 is 11.8 Å². The number of carbonyl (C=O) groups is 1. The molecule has 1 aromatic rings. The summed E-state index contributed by atoms with van der Waals surface area (Å²) in [6, 6.07) is 9.73. The Bertz CT molecular complexity index is 759. The Morgan fingerprint density at radius 1 is 1.33 bits per heavy atom. The third-order valence-electron chi connectivity index (χ3n) is 4.19. The average Bonchev–Trinajstić information content (AvgIpc) is 2.99. The molecule has 2 aliphatic heterocycles. The quantitative estimate of drug-likeness (QED) is 0.747. The number of carbonyl (C=O) groups excluding carboxylic acids is 1. The van der Waals surface area contributed by atoms with Gasteiger partial charge in [-0.1, -0.05) is 48.2 Å². The Morgan fingerprint density at radius 3 is 2.79 bits per heavy atom. The lowest BCUT2D eigenvalue weighted by molar-refractivity contribution is -0.117. The van der Waals surface area contributed by atoms with Crippen molar-refractivity contribution in [3.05, 3.63) is 48.6 Å². The van der Waals surface area contributed by atoms with Crippen LogP contribution < -0.4 is 0 Å². The number of rotatable bonds is 5. The summed E-state index contributed by atoms with van der Waals surface area (Å²) in [5, 5.41) is 0.605. The van der Waals surface area contributed by atoms with Crippen LogP contribution in [-0.2, 0) is 21.1 Å². The zero-order chi connectivity index (χ0) is 17.2. The Hall–Kier alpha value is -1.60. The molecular weight excluding hydrogens is 344 g/mol. The summed E-state index contributed by atoms with van der Waals surface area (Å²) in [6.07, 6.45) is 2.73. The van der Waals surface area contributed by atoms with Gasteiger partial charge in [-0.25, -0.2) is 8.42 Å². The van der Waals surface area contributed by atoms with E-state index in [1.807, 2.05) is 35.2 Å². The van der Waals surface area contributed by atoms with Crippen LogP contribution in [0.5, 0.6) is 0 Å². The van der Waals surface area contributed by atoms with Crippen molar-refractivity contribution in [2.75, 3.05) is 18.1 Å². The van der Waals surface area contributed by atoms with E-state index in [2.05, 4.69) is 11.6 Å². The first-order chi connectivity index (χ1) is 11.5. The van der Waals surface area contributed by atoms with Crippen molar-refractivity contribution in [3.8, 4) is 0 Å². The summed E-state index contributed by atoms with van der Waals surface area (Å²) < 4.78 is 23.6. The van der Waals surface area contributed by atoms with Crippen LogP contribution in [0.2, 0.25) is 0 Å². The fourth-order valence-electron chi connectivity index (χ4n) is 3.05. The second-order valence-corrected chi connectivity index (χ2v) is 9.38. The van der Waals surface area contributed by atoms with E-state index in [9.17, 15) is 13.2 Å². The van der Waals surface area contributed by atoms with E-state index in [0.717, 1.165) is 5.56 Å². The lowest BCUT2D eigenvalue weighted by Gasteiger charge is -2.22. The van der Waals surface area contributed by atoms with Crippen molar-refractivity contribution in [2.45, 2.75) is 24.1 Å². The van der Waals surface area contributed by atoms with Crippen LogP contribution in [0.1, 0.15) is 12.0 Å². The predicted molar refractivity (Wildman–Crippen MR) is 97.9 cm³/mol. The largest absolute Gasteiger partial charge is 0.342 e. The van der Waals surface area contributed by atoms with Gasteiger partial charge in [-0.15, -0.1) is 6.58 Å². The van der Waals surface area contributed by atoms with Gasteiger partial charge >= 0.3 is 0 Å². The molecule has 5 nitrogen and oxygen atoms in total. The van der Waals surface area contributed by atoms with E-state index in [-0.39, 0.29) is 28.7 Å². The van der Waals surface area contributed by atoms with Crippen LogP contribution in [0.4, 0.5) is 0 Å². The Kier molecular flexibility index (Phi) is 5.10. The number of fused-ring (bicyclic) bond motifs is 1. The molecule has 1 aromatic carbocycles. The molecule has 0 bridgehead atoms. The molecule has 1 amide bonds. The second-order valence-electron chi connectivity index (χ2n) is 6.02. The van der Waals surface area contributed by atoms with Gasteiger partial charge in [0.15, 0.2) is 15.0 Å². The second kappa shape index (κ2) is 7.11. The third kappa shape index (κ3) is 3.89. The monoisotopic (exact) mass is 364 g/mol. The highest BCUT2D eigenvalue weighted by Gasteiger charge is 2.48. The summed E-state index contributed by atoms with van der Waals surface area (Å²) in [5.41, 5.74) is 1.11. The number of hydrogen-bond acceptors (Lipinski definition) is 4. The molecule has 7 heteroatoms. The molecule has 2 fully saturated rings. The first-order valence-electron chi connectivity index (χ1n) is 7.88. The molecule has 0 radical (unpaired) electrons. The Labute approximate surface area is 146 Å². The van der Waals surface area contributed by atoms with Gasteiger partial charge in [0.2, 0.25) is 5.91 Å². The number of thioether (sulfide) groups is 1. The Morgan fingerprint density at radius 2 is 2.08 bits per heavy atom. The van der Waals surface area contributed by atoms with Crippen LogP contribution in [0.15, 0.2) is 48.0 Å². The maximum atomic E-state index is 12.2. The van der Waals surface area contributed by atoms with E-state index in [1.54, 1.807) is 6.08 Å². The van der Waals surface area contributed by atoms with Crippen molar-refractivity contribution in [1.82, 2.24) is 4.90 Å². The van der Waals surface area contributed by atoms with Gasteiger partial charge in [0.1, 0.15) is 0 Å². The van der Waals surface area contributed by atoms with Crippen LogP contribution in [0, 0.1) is 0 Å². The first kappa shape index (κ1) is 17.2. The minimum absolute atomic E-state index is 0.0318. The standard InChI is InChI=1S/C17H20N2O3S2/c1-2-10-19-14-11-24(21,22)12-15(14)23-17(19)18-16(20)9-8-13-6-4-3-5-7-13/h2-7,14-15H,1,8-12H2/t14-,15-/m0/s1. The number of nitrogens with zero attached hydrogens (tertiary/aromatic N) is 2. The maximum Gasteiger partial charge on any atom is 0.248 e. The SMILES string of the molecule is C=CCN1C(=NC(=O)CCc2ccccc2)S[C@H]2CS(=O)(=O)C[C@@H]21. The lowest BCUT2D eigenvalue weighted by Crippen LogP contribution is -2.37. The minimum Gasteiger partial charge on any atom is -0.342 e. The average molecular weight is 364 g/mol. The molecule has 2 atom stereocenters. The molecule has 0 N–H and O–H groups in total. The molecule has 2 heterocycles. The van der Waals surface area contributed by atoms with Gasteiger partial charge in [-0.3, -0.25) is 4.79 Å². The number of hydrogen-bond donors (Lipinski definition) is 0. The molecule has 128 valence electrons. The minimum atomic E-state index is -2.99. The fraction of sp³-hybridized carbons (Fsp3) is 0.412. The van der Waals surface area contributed by atoms with E-state index >= 15 is 0 Å². The number of benzene rings is 1. The maximum absolute atomic E-state index is 12.2. The number of amidine groups is 1. The summed E-state index contributed by atoms with van der Waals surface area (Å²) >= 11 is 1.41. The molecule has 0 saturated carbocycles. The topological polar surface area (TPSA) is 66.8 Å². The number of sulfone groups is 1. The van der Waals surface area contributed by atoms with Crippen molar-refractivity contribution in [3.63, 3.8) is 0 Å². The Balaban J connectivity index is 1.67. The van der Waals surface area contributed by atoms with Gasteiger partial charge in [0.05, 0.1) is 17.5 Å². The van der Waals surface area contributed by atoms with Gasteiger partial charge in [0, 0.05) is 18.2 Å². The van der Waals surface area contributed by atoms with E-state index < -0.39 is 9.84 Å². The number of aryl methyl sites for hydroxylation is 1. The van der Waals surface area contributed by atoms with Crippen LogP contribution in [0.25, 0.3) is 0 Å². The normalized spacial score (nSPS) is 26.5. The molecule has 0 spiro atoms. The van der Waals surface area contributed by atoms with Gasteiger partial charge in [0.25, 0.3) is 0 Å². The summed E-state index contributed by atoms with van der Waals surface area (Å²) in [5.74, 6) is 0.126. The number of amides is 1. The molecule has 3 rings (SSSR count). The van der Waals surface area contributed by atoms with Gasteiger partial charge in [-0.2, -0.15) is 4.99 Å².